The van der Waals surface area contributed by atoms with E-state index in [0.29, 0.717) is 118 Å². The van der Waals surface area contributed by atoms with E-state index in [9.17, 15) is 9.59 Å². The highest BCUT2D eigenvalue weighted by Gasteiger charge is 2.29. The normalized spacial score (nSPS) is 11.9. The molecule has 0 saturated carbocycles. The number of hydrogen-bond donors (Lipinski definition) is 2. The molecule has 13 nitrogen and oxygen atoms in total. The fourth-order valence-corrected chi connectivity index (χ4v) is 5.85. The maximum Gasteiger partial charge on any atom is 0.407 e. The van der Waals surface area contributed by atoms with Crippen molar-refractivity contribution < 1.29 is 52.2 Å². The number of benzene rings is 3. The summed E-state index contributed by atoms with van der Waals surface area (Å²) in [5.74, 6) is -0.319. The summed E-state index contributed by atoms with van der Waals surface area (Å²) < 4.78 is 49.4. The second kappa shape index (κ2) is 28.3. The molecule has 3 aromatic carbocycles. The third-order valence-corrected chi connectivity index (χ3v) is 8.75. The second-order valence-electron chi connectivity index (χ2n) is 12.9. The molecule has 1 amide bonds. The molecule has 13 heteroatoms. The summed E-state index contributed by atoms with van der Waals surface area (Å²) in [6, 6.07) is 23.8. The van der Waals surface area contributed by atoms with E-state index in [4.69, 9.17) is 42.6 Å². The maximum absolute atomic E-state index is 12.3. The lowest BCUT2D eigenvalue weighted by Crippen LogP contribution is -2.27. The van der Waals surface area contributed by atoms with Gasteiger partial charge in [-0.1, -0.05) is 61.9 Å². The second-order valence-corrected chi connectivity index (χ2v) is 12.9. The zero-order chi connectivity index (χ0) is 39.3. The van der Waals surface area contributed by atoms with Crippen molar-refractivity contribution in [2.75, 3.05) is 124 Å². The minimum atomic E-state index is -0.419. The first-order valence-electron chi connectivity index (χ1n) is 19.8. The van der Waals surface area contributed by atoms with Crippen molar-refractivity contribution in [2.45, 2.75) is 32.1 Å². The molecule has 1 aliphatic carbocycles. The molecule has 2 N–H and O–H groups in total. The molecule has 0 heterocycles. The van der Waals surface area contributed by atoms with E-state index in [0.717, 1.165) is 25.1 Å². The molecular formula is C43H60N2O11. The molecule has 3 aromatic rings. The van der Waals surface area contributed by atoms with E-state index in [2.05, 4.69) is 41.8 Å². The van der Waals surface area contributed by atoms with Crippen LogP contribution in [0.5, 0.6) is 0 Å². The number of rotatable bonds is 32. The van der Waals surface area contributed by atoms with E-state index < -0.39 is 6.09 Å². The predicted octanol–water partition coefficient (Wildman–Crippen LogP) is 6.10. The Kier molecular flexibility index (Phi) is 22.6. The smallest absolute Gasteiger partial charge is 0.407 e. The molecule has 0 saturated heterocycles. The third kappa shape index (κ3) is 17.4. The molecule has 0 atom stereocenters. The monoisotopic (exact) mass is 780 g/mol. The van der Waals surface area contributed by atoms with Gasteiger partial charge in [0, 0.05) is 31.3 Å². The van der Waals surface area contributed by atoms with Gasteiger partial charge in [-0.3, -0.25) is 0 Å². The summed E-state index contributed by atoms with van der Waals surface area (Å²) in [6.45, 7) is 10.4. The third-order valence-electron chi connectivity index (χ3n) is 8.75. The number of esters is 1. The van der Waals surface area contributed by atoms with E-state index in [1.807, 2.05) is 36.4 Å². The van der Waals surface area contributed by atoms with E-state index in [1.54, 1.807) is 12.1 Å². The van der Waals surface area contributed by atoms with Crippen molar-refractivity contribution in [2.24, 2.45) is 0 Å². The van der Waals surface area contributed by atoms with Crippen LogP contribution in [0.15, 0.2) is 72.8 Å². The van der Waals surface area contributed by atoms with Gasteiger partial charge in [-0.25, -0.2) is 9.59 Å². The molecule has 0 aliphatic heterocycles. The highest BCUT2D eigenvalue weighted by Crippen LogP contribution is 2.44. The van der Waals surface area contributed by atoms with Crippen LogP contribution in [-0.2, 0) is 42.6 Å². The Hall–Kier alpha value is -4.08. The average molecular weight is 781 g/mol. The molecule has 0 aromatic heterocycles. The van der Waals surface area contributed by atoms with Crippen molar-refractivity contribution in [3.05, 3.63) is 89.5 Å². The van der Waals surface area contributed by atoms with Gasteiger partial charge < -0.3 is 53.3 Å². The summed E-state index contributed by atoms with van der Waals surface area (Å²) >= 11 is 0. The van der Waals surface area contributed by atoms with Crippen LogP contribution in [0.2, 0.25) is 0 Å². The minimum absolute atomic E-state index is 0.0460. The standard InChI is InChI=1S/C43H60N2O11/c1-2-3-17-44-36-15-13-35(14-16-36)42(46)55-33-32-54-31-30-53-29-28-52-27-26-51-25-24-50-23-22-49-21-20-48-19-8-18-45-43(47)56-34-41-39-11-6-4-9-37(39)38-10-5-7-12-40(38)41/h4-7,9-16,41,44H,2-3,8,17-34H2,1H3,(H,45,47). The summed E-state index contributed by atoms with van der Waals surface area (Å²) in [4.78, 5) is 24.4. The van der Waals surface area contributed by atoms with Crippen molar-refractivity contribution in [1.29, 1.82) is 0 Å². The van der Waals surface area contributed by atoms with Crippen molar-refractivity contribution in [3.8, 4) is 11.1 Å². The lowest BCUT2D eigenvalue weighted by molar-refractivity contribution is -0.0223. The van der Waals surface area contributed by atoms with Crippen LogP contribution in [0.4, 0.5) is 10.5 Å². The summed E-state index contributed by atoms with van der Waals surface area (Å²) in [5, 5.41) is 6.12. The molecule has 0 fully saturated rings. The van der Waals surface area contributed by atoms with Gasteiger partial charge in [-0.2, -0.15) is 0 Å². The number of unbranched alkanes of at least 4 members (excludes halogenated alkanes) is 1. The number of fused-ring (bicyclic) bond motifs is 3. The van der Waals surface area contributed by atoms with Gasteiger partial charge in [-0.15, -0.1) is 0 Å². The van der Waals surface area contributed by atoms with Crippen LogP contribution in [0.3, 0.4) is 0 Å². The molecular weight excluding hydrogens is 720 g/mol. The molecule has 308 valence electrons. The zero-order valence-corrected chi connectivity index (χ0v) is 32.8. The molecule has 0 spiro atoms. The first kappa shape index (κ1) is 44.6. The van der Waals surface area contributed by atoms with Crippen LogP contribution in [0.25, 0.3) is 11.1 Å². The number of carbonyl (C=O) groups is 2. The van der Waals surface area contributed by atoms with Gasteiger partial charge in [0.25, 0.3) is 0 Å². The lowest BCUT2D eigenvalue weighted by atomic mass is 9.98. The maximum atomic E-state index is 12.3. The largest absolute Gasteiger partial charge is 0.460 e. The Labute approximate surface area is 331 Å². The van der Waals surface area contributed by atoms with Gasteiger partial charge in [0.1, 0.15) is 13.2 Å². The van der Waals surface area contributed by atoms with Crippen molar-refractivity contribution in [3.63, 3.8) is 0 Å². The number of hydrogen-bond acceptors (Lipinski definition) is 12. The SMILES string of the molecule is CCCCNc1ccc(C(=O)OCCOCCOCCOCCOCCOCCOCCOCCCNC(=O)OCC2c3ccccc3-c3ccccc32)cc1. The zero-order valence-electron chi connectivity index (χ0n) is 32.8. The van der Waals surface area contributed by atoms with Gasteiger partial charge in [0.15, 0.2) is 0 Å². The minimum Gasteiger partial charge on any atom is -0.460 e. The van der Waals surface area contributed by atoms with Gasteiger partial charge in [-0.05, 0) is 59.4 Å². The van der Waals surface area contributed by atoms with E-state index in [1.165, 1.54) is 22.3 Å². The summed E-state index contributed by atoms with van der Waals surface area (Å²) in [6.07, 6.45) is 2.50. The lowest BCUT2D eigenvalue weighted by Gasteiger charge is -2.14. The molecule has 0 unspecified atom stereocenters. The number of alkyl carbamates (subject to hydrolysis) is 1. The Bertz CT molecular complexity index is 1460. The number of anilines is 1. The van der Waals surface area contributed by atoms with Crippen LogP contribution < -0.4 is 10.6 Å². The van der Waals surface area contributed by atoms with Gasteiger partial charge in [0.05, 0.1) is 91.5 Å². The van der Waals surface area contributed by atoms with Crippen LogP contribution in [0, 0.1) is 0 Å². The van der Waals surface area contributed by atoms with E-state index in [-0.39, 0.29) is 18.5 Å². The van der Waals surface area contributed by atoms with Gasteiger partial charge in [0.2, 0.25) is 0 Å². The fraction of sp³-hybridized carbons (Fsp3) is 0.535. The highest BCUT2D eigenvalue weighted by atomic mass is 16.6. The molecule has 0 radical (unpaired) electrons. The van der Waals surface area contributed by atoms with Crippen molar-refractivity contribution in [1.82, 2.24) is 5.32 Å². The quantitative estimate of drug-likeness (QED) is 0.0559. The topological polar surface area (TPSA) is 141 Å². The Morgan fingerprint density at radius 1 is 0.518 bits per heavy atom. The molecule has 56 heavy (non-hydrogen) atoms. The van der Waals surface area contributed by atoms with Crippen LogP contribution >= 0.6 is 0 Å². The average Bonchev–Trinajstić information content (AvgIpc) is 3.55. The Morgan fingerprint density at radius 3 is 1.48 bits per heavy atom. The first-order valence-corrected chi connectivity index (χ1v) is 19.8. The Balaban J connectivity index is 0.817. The molecule has 1 aliphatic rings. The number of amides is 1. The van der Waals surface area contributed by atoms with Crippen LogP contribution in [-0.4, -0.2) is 131 Å². The fourth-order valence-electron chi connectivity index (χ4n) is 5.85. The van der Waals surface area contributed by atoms with Gasteiger partial charge >= 0.3 is 12.1 Å². The Morgan fingerprint density at radius 2 is 0.982 bits per heavy atom. The van der Waals surface area contributed by atoms with Crippen LogP contribution in [0.1, 0.15) is 53.6 Å². The molecule has 4 rings (SSSR count). The van der Waals surface area contributed by atoms with E-state index >= 15 is 0 Å². The first-order chi connectivity index (χ1) is 27.7. The summed E-state index contributed by atoms with van der Waals surface area (Å²) in [5.41, 5.74) is 6.31. The number of nitrogens with one attached hydrogen (secondary N) is 2. The van der Waals surface area contributed by atoms with Crippen molar-refractivity contribution >= 4 is 17.7 Å². The predicted molar refractivity (Wildman–Crippen MR) is 214 cm³/mol. The number of carbonyl (C=O) groups excluding carboxylic acids is 2. The summed E-state index contributed by atoms with van der Waals surface area (Å²) in [7, 11) is 0. The highest BCUT2D eigenvalue weighted by molar-refractivity contribution is 5.89. The number of ether oxygens (including phenoxy) is 9. The molecule has 0 bridgehead atoms.